The summed E-state index contributed by atoms with van der Waals surface area (Å²) in [5.74, 6) is 0.868. The predicted octanol–water partition coefficient (Wildman–Crippen LogP) is 5.43. The van der Waals surface area contributed by atoms with Gasteiger partial charge >= 0.3 is 0 Å². The highest BCUT2D eigenvalue weighted by Gasteiger charge is 2.24. The summed E-state index contributed by atoms with van der Waals surface area (Å²) >= 11 is 0. The third kappa shape index (κ3) is 4.34. The fourth-order valence-electron chi connectivity index (χ4n) is 2.88. The van der Waals surface area contributed by atoms with Gasteiger partial charge in [-0.1, -0.05) is 69.2 Å². The molecule has 0 spiro atoms. The molecular formula is C21H36N4. The van der Waals surface area contributed by atoms with Crippen LogP contribution in [0.2, 0.25) is 0 Å². The van der Waals surface area contributed by atoms with Crippen LogP contribution in [0.5, 0.6) is 0 Å². The highest BCUT2D eigenvalue weighted by Crippen LogP contribution is 2.28. The summed E-state index contributed by atoms with van der Waals surface area (Å²) in [5.41, 5.74) is 4.93. The van der Waals surface area contributed by atoms with Gasteiger partial charge in [-0.2, -0.15) is 10.2 Å². The summed E-state index contributed by atoms with van der Waals surface area (Å²) in [6.45, 7) is 22.9. The van der Waals surface area contributed by atoms with Crippen molar-refractivity contribution in [3.05, 3.63) is 34.9 Å². The minimum atomic E-state index is 0.0520. The zero-order valence-corrected chi connectivity index (χ0v) is 17.8. The Bertz CT molecular complexity index is 656. The van der Waals surface area contributed by atoms with Crippen LogP contribution in [0.1, 0.15) is 104 Å². The topological polar surface area (TPSA) is 35.6 Å². The number of aromatic nitrogens is 4. The van der Waals surface area contributed by atoms with Crippen LogP contribution in [-0.4, -0.2) is 19.6 Å². The second kappa shape index (κ2) is 6.62. The molecule has 0 aliphatic heterocycles. The Morgan fingerprint density at radius 3 is 1.28 bits per heavy atom. The molecule has 0 amide bonds. The van der Waals surface area contributed by atoms with Gasteiger partial charge in [0, 0.05) is 22.2 Å². The molecule has 4 nitrogen and oxygen atoms in total. The Morgan fingerprint density at radius 2 is 1.04 bits per heavy atom. The Labute approximate surface area is 153 Å². The predicted molar refractivity (Wildman–Crippen MR) is 105 cm³/mol. The van der Waals surface area contributed by atoms with Crippen molar-refractivity contribution < 1.29 is 0 Å². The van der Waals surface area contributed by atoms with E-state index in [9.17, 15) is 0 Å². The van der Waals surface area contributed by atoms with Gasteiger partial charge in [-0.05, 0) is 24.0 Å². The van der Waals surface area contributed by atoms with Crippen LogP contribution in [0, 0.1) is 0 Å². The largest absolute Gasteiger partial charge is 0.247 e. The molecule has 0 saturated carbocycles. The van der Waals surface area contributed by atoms with Crippen LogP contribution in [0.25, 0.3) is 0 Å². The van der Waals surface area contributed by atoms with Gasteiger partial charge < -0.3 is 0 Å². The Morgan fingerprint density at radius 1 is 0.720 bits per heavy atom. The zero-order valence-electron chi connectivity index (χ0n) is 17.8. The first-order chi connectivity index (χ1) is 11.3. The molecule has 2 heterocycles. The van der Waals surface area contributed by atoms with Gasteiger partial charge in [0.25, 0.3) is 0 Å². The molecule has 2 rings (SSSR count). The molecule has 0 unspecified atom stereocenters. The monoisotopic (exact) mass is 344 g/mol. The molecule has 140 valence electrons. The van der Waals surface area contributed by atoms with E-state index >= 15 is 0 Å². The van der Waals surface area contributed by atoms with Gasteiger partial charge in [0.05, 0.1) is 11.4 Å². The summed E-state index contributed by atoms with van der Waals surface area (Å²) in [6, 6.07) is 4.52. The van der Waals surface area contributed by atoms with E-state index < -0.39 is 0 Å². The van der Waals surface area contributed by atoms with Gasteiger partial charge in [-0.3, -0.25) is 0 Å². The smallest absolute Gasteiger partial charge is 0.133 e. The standard InChI is InChI=1S/C21H36N4/c1-14(2)16-11-18(20(5,6)7)22-24(16)13-25-17(15(3)4)12-19(23-25)21(8,9)10/h11-12,14-15H,13H2,1-10H3. The van der Waals surface area contributed by atoms with Crippen LogP contribution in [-0.2, 0) is 17.5 Å². The summed E-state index contributed by atoms with van der Waals surface area (Å²) in [7, 11) is 0. The number of hydrogen-bond donors (Lipinski definition) is 0. The molecule has 0 N–H and O–H groups in total. The van der Waals surface area contributed by atoms with Gasteiger partial charge in [0.1, 0.15) is 6.67 Å². The molecule has 0 atom stereocenters. The van der Waals surface area contributed by atoms with Crippen LogP contribution in [0.15, 0.2) is 12.1 Å². The highest BCUT2D eigenvalue weighted by atomic mass is 15.4. The number of rotatable bonds is 4. The molecule has 2 aromatic rings. The molecule has 0 radical (unpaired) electrons. The summed E-state index contributed by atoms with van der Waals surface area (Å²) in [5, 5.41) is 9.85. The molecule has 0 saturated heterocycles. The van der Waals surface area contributed by atoms with Crippen molar-refractivity contribution in [3.8, 4) is 0 Å². The summed E-state index contributed by atoms with van der Waals surface area (Å²) < 4.78 is 4.27. The summed E-state index contributed by atoms with van der Waals surface area (Å²) in [6.07, 6.45) is 0. The summed E-state index contributed by atoms with van der Waals surface area (Å²) in [4.78, 5) is 0. The Kier molecular flexibility index (Phi) is 5.23. The lowest BCUT2D eigenvalue weighted by Crippen LogP contribution is -2.19. The van der Waals surface area contributed by atoms with Gasteiger partial charge in [-0.25, -0.2) is 9.36 Å². The van der Waals surface area contributed by atoms with Crippen molar-refractivity contribution in [2.45, 2.75) is 98.6 Å². The second-order valence-electron chi connectivity index (χ2n) is 9.86. The third-order valence-corrected chi connectivity index (χ3v) is 4.61. The lowest BCUT2D eigenvalue weighted by atomic mass is 9.91. The van der Waals surface area contributed by atoms with E-state index in [0.717, 1.165) is 11.4 Å². The average Bonchev–Trinajstić information content (AvgIpc) is 3.01. The second-order valence-corrected chi connectivity index (χ2v) is 9.86. The Balaban J connectivity index is 2.49. The molecule has 0 bridgehead atoms. The van der Waals surface area contributed by atoms with Crippen LogP contribution >= 0.6 is 0 Å². The number of hydrogen-bond acceptors (Lipinski definition) is 2. The quantitative estimate of drug-likeness (QED) is 0.741. The first-order valence-corrected chi connectivity index (χ1v) is 9.47. The molecule has 25 heavy (non-hydrogen) atoms. The van der Waals surface area contributed by atoms with Gasteiger partial charge in [0.2, 0.25) is 0 Å². The van der Waals surface area contributed by atoms with Crippen molar-refractivity contribution in [1.82, 2.24) is 19.6 Å². The minimum Gasteiger partial charge on any atom is -0.247 e. The van der Waals surface area contributed by atoms with Gasteiger partial charge in [0.15, 0.2) is 0 Å². The lowest BCUT2D eigenvalue weighted by molar-refractivity contribution is 0.436. The maximum atomic E-state index is 4.93. The molecule has 0 aliphatic rings. The van der Waals surface area contributed by atoms with E-state index in [4.69, 9.17) is 10.2 Å². The van der Waals surface area contributed by atoms with E-state index in [1.54, 1.807) is 0 Å². The van der Waals surface area contributed by atoms with Gasteiger partial charge in [-0.15, -0.1) is 0 Å². The third-order valence-electron chi connectivity index (χ3n) is 4.61. The maximum absolute atomic E-state index is 4.93. The molecule has 0 aliphatic carbocycles. The van der Waals surface area contributed by atoms with Crippen molar-refractivity contribution in [3.63, 3.8) is 0 Å². The van der Waals surface area contributed by atoms with E-state index in [-0.39, 0.29) is 10.8 Å². The van der Waals surface area contributed by atoms with E-state index in [1.807, 2.05) is 0 Å². The van der Waals surface area contributed by atoms with Crippen molar-refractivity contribution >= 4 is 0 Å². The van der Waals surface area contributed by atoms with E-state index in [0.29, 0.717) is 18.5 Å². The fraction of sp³-hybridized carbons (Fsp3) is 0.714. The van der Waals surface area contributed by atoms with Crippen molar-refractivity contribution in [1.29, 1.82) is 0 Å². The van der Waals surface area contributed by atoms with Crippen LogP contribution in [0.3, 0.4) is 0 Å². The highest BCUT2D eigenvalue weighted by molar-refractivity contribution is 5.22. The average molecular weight is 345 g/mol. The van der Waals surface area contributed by atoms with Crippen LogP contribution < -0.4 is 0 Å². The van der Waals surface area contributed by atoms with E-state index in [1.165, 1.54) is 11.4 Å². The molecule has 2 aromatic heterocycles. The lowest BCUT2D eigenvalue weighted by Gasteiger charge is -2.16. The Hall–Kier alpha value is -1.58. The minimum absolute atomic E-state index is 0.0520. The van der Waals surface area contributed by atoms with Crippen molar-refractivity contribution in [2.24, 2.45) is 0 Å². The first kappa shape index (κ1) is 19.7. The normalized spacial score (nSPS) is 13.3. The molecular weight excluding hydrogens is 308 g/mol. The first-order valence-electron chi connectivity index (χ1n) is 9.47. The molecule has 0 fully saturated rings. The van der Waals surface area contributed by atoms with Crippen molar-refractivity contribution in [2.75, 3.05) is 0 Å². The van der Waals surface area contributed by atoms with E-state index in [2.05, 4.69) is 90.7 Å². The van der Waals surface area contributed by atoms with Crippen LogP contribution in [0.4, 0.5) is 0 Å². The SMILES string of the molecule is CC(C)c1cc(C(C)(C)C)nn1Cn1nc(C(C)(C)C)cc1C(C)C. The zero-order chi connectivity index (χ0) is 19.2. The molecule has 4 heteroatoms. The maximum Gasteiger partial charge on any atom is 0.133 e. The number of nitrogens with zero attached hydrogens (tertiary/aromatic N) is 4. The molecule has 0 aromatic carbocycles. The fourth-order valence-corrected chi connectivity index (χ4v) is 2.88.